The third-order valence-electron chi connectivity index (χ3n) is 5.02. The zero-order chi connectivity index (χ0) is 16.9. The van der Waals surface area contributed by atoms with E-state index in [4.69, 9.17) is 11.5 Å². The number of phenolic OH excluding ortho intramolecular Hbond substituents is 1. The number of nitrogen functional groups attached to an aromatic ring is 1. The lowest BCUT2D eigenvalue weighted by molar-refractivity contribution is -0.181. The Bertz CT molecular complexity index is 906. The Morgan fingerprint density at radius 2 is 1.92 bits per heavy atom. The number of hydrogen-bond donors (Lipinski definition) is 3. The van der Waals surface area contributed by atoms with Crippen molar-refractivity contribution in [2.45, 2.75) is 19.3 Å². The molecule has 1 heterocycles. The van der Waals surface area contributed by atoms with Crippen LogP contribution in [0.5, 0.6) is 5.75 Å². The summed E-state index contributed by atoms with van der Waals surface area (Å²) in [6, 6.07) is 8.61. The van der Waals surface area contributed by atoms with Gasteiger partial charge in [-0.1, -0.05) is 24.0 Å². The summed E-state index contributed by atoms with van der Waals surface area (Å²) in [4.78, 5) is 11.4. The first-order chi connectivity index (χ1) is 11.4. The van der Waals surface area contributed by atoms with E-state index in [1.807, 2.05) is 6.07 Å². The van der Waals surface area contributed by atoms with Crippen molar-refractivity contribution in [1.82, 2.24) is 10.2 Å². The maximum absolute atomic E-state index is 11.4. The first-order valence-corrected chi connectivity index (χ1v) is 7.68. The molecule has 3 fully saturated rings. The number of anilines is 1. The number of nitrogens with zero attached hydrogens (tertiary/aromatic N) is 2. The Balaban J connectivity index is 1.62. The van der Waals surface area contributed by atoms with E-state index >= 15 is 0 Å². The van der Waals surface area contributed by atoms with Crippen LogP contribution in [0.1, 0.15) is 24.8 Å². The van der Waals surface area contributed by atoms with Crippen molar-refractivity contribution in [2.24, 2.45) is 16.6 Å². The lowest BCUT2D eigenvalue weighted by atomic mass is 9.35. The van der Waals surface area contributed by atoms with Gasteiger partial charge in [-0.25, -0.2) is 0 Å². The molecule has 3 aliphatic carbocycles. The minimum atomic E-state index is -0.322. The van der Waals surface area contributed by atoms with E-state index in [9.17, 15) is 9.90 Å². The van der Waals surface area contributed by atoms with Crippen LogP contribution in [0.15, 0.2) is 30.3 Å². The number of nitrogens with two attached hydrogens (primary N) is 2. The summed E-state index contributed by atoms with van der Waals surface area (Å²) >= 11 is 0. The van der Waals surface area contributed by atoms with Gasteiger partial charge in [0.2, 0.25) is 5.91 Å². The van der Waals surface area contributed by atoms with Gasteiger partial charge in [0.05, 0.1) is 16.7 Å². The van der Waals surface area contributed by atoms with Gasteiger partial charge in [-0.2, -0.15) is 0 Å². The molecule has 120 valence electrons. The third kappa shape index (κ3) is 2.02. The molecule has 3 saturated carbocycles. The molecule has 0 spiro atoms. The lowest BCUT2D eigenvalue weighted by Crippen LogP contribution is -2.66. The summed E-state index contributed by atoms with van der Waals surface area (Å²) < 4.78 is 0. The number of rotatable bonds is 2. The molecular weight excluding hydrogens is 304 g/mol. The number of primary amides is 1. The van der Waals surface area contributed by atoms with Gasteiger partial charge < -0.3 is 16.6 Å². The summed E-state index contributed by atoms with van der Waals surface area (Å²) in [5.74, 6) is 6.44. The first kappa shape index (κ1) is 14.5. The van der Waals surface area contributed by atoms with Crippen molar-refractivity contribution in [3.8, 4) is 28.8 Å². The zero-order valence-electron chi connectivity index (χ0n) is 12.9. The van der Waals surface area contributed by atoms with Gasteiger partial charge >= 0.3 is 0 Å². The molecule has 0 unspecified atom stereocenters. The molecule has 0 atom stereocenters. The van der Waals surface area contributed by atoms with Crippen molar-refractivity contribution in [1.29, 1.82) is 0 Å². The summed E-state index contributed by atoms with van der Waals surface area (Å²) in [5, 5.41) is 17.9. The molecule has 0 radical (unpaired) electrons. The number of phenols is 1. The van der Waals surface area contributed by atoms with Crippen LogP contribution >= 0.6 is 0 Å². The van der Waals surface area contributed by atoms with Gasteiger partial charge in [-0.15, -0.1) is 10.2 Å². The number of aromatic nitrogens is 2. The molecular formula is C18H16N4O2. The van der Waals surface area contributed by atoms with Crippen LogP contribution in [-0.2, 0) is 4.79 Å². The van der Waals surface area contributed by atoms with E-state index in [1.165, 1.54) is 0 Å². The Kier molecular flexibility index (Phi) is 2.85. The molecule has 0 aliphatic heterocycles. The molecule has 6 nitrogen and oxygen atoms in total. The second kappa shape index (κ2) is 4.71. The van der Waals surface area contributed by atoms with Crippen molar-refractivity contribution < 1.29 is 9.90 Å². The van der Waals surface area contributed by atoms with Crippen molar-refractivity contribution in [3.05, 3.63) is 35.9 Å². The molecule has 5 rings (SSSR count). The normalized spacial score (nSPS) is 26.5. The molecule has 2 bridgehead atoms. The number of carbonyl (C=O) groups is 1. The quantitative estimate of drug-likeness (QED) is 0.724. The first-order valence-electron chi connectivity index (χ1n) is 7.68. The van der Waals surface area contributed by atoms with Gasteiger partial charge in [0.1, 0.15) is 5.75 Å². The fraction of sp³-hybridized carbons (Fsp3) is 0.278. The summed E-state index contributed by atoms with van der Waals surface area (Å²) in [7, 11) is 0. The molecule has 1 amide bonds. The standard InChI is InChI=1S/C18H16N4O2/c19-15-11(5-6-17-8-18(9-17,10-17)16(20)24)7-13(21-22-15)12-3-1-2-4-14(12)23/h1-4,7,23H,8-10H2,(H2,19,22)(H2,20,24). The van der Waals surface area contributed by atoms with E-state index in [1.54, 1.807) is 24.3 Å². The van der Waals surface area contributed by atoms with Crippen molar-refractivity contribution in [2.75, 3.05) is 5.73 Å². The van der Waals surface area contributed by atoms with Gasteiger partial charge in [-0.3, -0.25) is 4.79 Å². The van der Waals surface area contributed by atoms with Crippen LogP contribution in [0.25, 0.3) is 11.3 Å². The van der Waals surface area contributed by atoms with Crippen LogP contribution < -0.4 is 11.5 Å². The summed E-state index contributed by atoms with van der Waals surface area (Å²) in [6.45, 7) is 0. The fourth-order valence-electron chi connectivity index (χ4n) is 3.70. The van der Waals surface area contributed by atoms with Crippen LogP contribution in [0.3, 0.4) is 0 Å². The number of benzene rings is 1. The number of aromatic hydroxyl groups is 1. The molecule has 1 aromatic heterocycles. The molecule has 3 aliphatic rings. The van der Waals surface area contributed by atoms with Gasteiger partial charge in [0, 0.05) is 11.0 Å². The second-order valence-electron chi connectivity index (χ2n) is 6.75. The Morgan fingerprint density at radius 3 is 2.58 bits per heavy atom. The maximum atomic E-state index is 11.4. The molecule has 0 saturated heterocycles. The molecule has 1 aromatic carbocycles. The second-order valence-corrected chi connectivity index (χ2v) is 6.75. The fourth-order valence-corrected chi connectivity index (χ4v) is 3.70. The van der Waals surface area contributed by atoms with Gasteiger partial charge in [0.25, 0.3) is 0 Å². The molecule has 24 heavy (non-hydrogen) atoms. The van der Waals surface area contributed by atoms with Crippen molar-refractivity contribution >= 4 is 11.7 Å². The Hall–Kier alpha value is -3.07. The highest BCUT2D eigenvalue weighted by molar-refractivity contribution is 5.85. The minimum Gasteiger partial charge on any atom is -0.507 e. The van der Waals surface area contributed by atoms with Crippen molar-refractivity contribution in [3.63, 3.8) is 0 Å². The maximum Gasteiger partial charge on any atom is 0.223 e. The van der Waals surface area contributed by atoms with Crippen LogP contribution in [0, 0.1) is 22.7 Å². The smallest absolute Gasteiger partial charge is 0.223 e. The summed E-state index contributed by atoms with van der Waals surface area (Å²) in [5.41, 5.74) is 12.5. The highest BCUT2D eigenvalue weighted by Crippen LogP contribution is 2.72. The molecule has 6 heteroatoms. The minimum absolute atomic E-state index is 0.111. The highest BCUT2D eigenvalue weighted by Gasteiger charge is 2.70. The van der Waals surface area contributed by atoms with E-state index < -0.39 is 0 Å². The van der Waals surface area contributed by atoms with E-state index in [2.05, 4.69) is 22.0 Å². The molecule has 5 N–H and O–H groups in total. The van der Waals surface area contributed by atoms with Crippen LogP contribution in [0.4, 0.5) is 5.82 Å². The largest absolute Gasteiger partial charge is 0.507 e. The monoisotopic (exact) mass is 320 g/mol. The zero-order valence-corrected chi connectivity index (χ0v) is 12.9. The SMILES string of the molecule is NC(=O)C12CC(C#Cc3cc(-c4ccccc4O)nnc3N)(C1)C2. The Labute approximate surface area is 138 Å². The molecule has 2 aromatic rings. The lowest BCUT2D eigenvalue weighted by Gasteiger charge is -2.66. The van der Waals surface area contributed by atoms with Crippen LogP contribution in [-0.4, -0.2) is 21.2 Å². The highest BCUT2D eigenvalue weighted by atomic mass is 16.3. The van der Waals surface area contributed by atoms with E-state index in [-0.39, 0.29) is 28.3 Å². The van der Waals surface area contributed by atoms with Crippen LogP contribution in [0.2, 0.25) is 0 Å². The number of amides is 1. The van der Waals surface area contributed by atoms with E-state index in [0.717, 1.165) is 19.3 Å². The third-order valence-corrected chi connectivity index (χ3v) is 5.02. The number of carbonyl (C=O) groups excluding carboxylic acids is 1. The topological polar surface area (TPSA) is 115 Å². The number of para-hydroxylation sites is 1. The average Bonchev–Trinajstić information content (AvgIpc) is 2.46. The van der Waals surface area contributed by atoms with E-state index in [0.29, 0.717) is 16.8 Å². The van der Waals surface area contributed by atoms with Gasteiger partial charge in [0.15, 0.2) is 5.82 Å². The van der Waals surface area contributed by atoms with Gasteiger partial charge in [-0.05, 0) is 37.5 Å². The average molecular weight is 320 g/mol. The predicted octanol–water partition coefficient (Wildman–Crippen LogP) is 1.44. The number of hydrogen-bond acceptors (Lipinski definition) is 5. The predicted molar refractivity (Wildman–Crippen MR) is 88.3 cm³/mol. The summed E-state index contributed by atoms with van der Waals surface area (Å²) in [6.07, 6.45) is 2.19. The Morgan fingerprint density at radius 1 is 1.21 bits per heavy atom.